The van der Waals surface area contributed by atoms with Crippen LogP contribution in [-0.2, 0) is 4.79 Å². The Morgan fingerprint density at radius 3 is 2.16 bits per heavy atom. The van der Waals surface area contributed by atoms with Gasteiger partial charge in [0.2, 0.25) is 0 Å². The molecule has 0 bridgehead atoms. The Kier molecular flexibility index (Phi) is 7.04. The van der Waals surface area contributed by atoms with Gasteiger partial charge in [0.1, 0.15) is 11.3 Å². The minimum Gasteiger partial charge on any atom is -0.496 e. The van der Waals surface area contributed by atoms with Crippen LogP contribution in [0, 0.1) is 0 Å². The van der Waals surface area contributed by atoms with Gasteiger partial charge in [-0.2, -0.15) is 0 Å². The second kappa shape index (κ2) is 9.55. The van der Waals surface area contributed by atoms with E-state index in [4.69, 9.17) is 14.2 Å². The summed E-state index contributed by atoms with van der Waals surface area (Å²) in [6.07, 6.45) is 3.25. The Hall–Kier alpha value is -2.81. The van der Waals surface area contributed by atoms with Gasteiger partial charge in [-0.25, -0.2) is 4.79 Å². The smallest absolute Gasteiger partial charge is 0.324 e. The number of unbranched alkanes of at least 4 members (excludes halogenated alkanes) is 1. The maximum Gasteiger partial charge on any atom is 0.324 e. The summed E-state index contributed by atoms with van der Waals surface area (Å²) in [6.45, 7) is 2.35. The lowest BCUT2D eigenvalue weighted by atomic mass is 9.87. The van der Waals surface area contributed by atoms with Crippen molar-refractivity contribution >= 4 is 17.7 Å². The van der Waals surface area contributed by atoms with Gasteiger partial charge in [-0.05, 0) is 38.3 Å². The molecule has 9 nitrogen and oxygen atoms in total. The third kappa shape index (κ3) is 4.61. The third-order valence-corrected chi connectivity index (χ3v) is 6.21. The summed E-state index contributed by atoms with van der Waals surface area (Å²) in [4.78, 5) is 40.3. The second-order valence-corrected chi connectivity index (χ2v) is 8.01. The Balaban J connectivity index is 1.47. The van der Waals surface area contributed by atoms with Gasteiger partial charge in [0.25, 0.3) is 5.91 Å². The molecule has 1 N–H and O–H groups in total. The molecular weight excluding hydrogens is 402 g/mol. The molecule has 31 heavy (non-hydrogen) atoms. The average Bonchev–Trinajstić information content (AvgIpc) is 3.00. The van der Waals surface area contributed by atoms with Crippen LogP contribution in [0.3, 0.4) is 0 Å². The van der Waals surface area contributed by atoms with Crippen LogP contribution in [0.1, 0.15) is 42.5 Å². The lowest BCUT2D eigenvalue weighted by Gasteiger charge is -2.37. The highest BCUT2D eigenvalue weighted by molar-refractivity contribution is 6.06. The molecule has 2 heterocycles. The number of carbonyl (C=O) groups is 3. The zero-order valence-electron chi connectivity index (χ0n) is 18.7. The molecule has 2 aliphatic rings. The van der Waals surface area contributed by atoms with Crippen LogP contribution in [-0.4, -0.2) is 81.1 Å². The number of amides is 3. The molecule has 0 radical (unpaired) electrons. The van der Waals surface area contributed by atoms with Gasteiger partial charge in [-0.3, -0.25) is 14.5 Å². The van der Waals surface area contributed by atoms with E-state index < -0.39 is 5.54 Å². The summed E-state index contributed by atoms with van der Waals surface area (Å²) in [5.41, 5.74) is -0.248. The standard InChI is InChI=1S/C22H31N3O6/c1-24-20(27)22(23-21(24)28)8-11-25(12-9-22)10-6-5-7-16(26)15-13-18(30-3)19(31-4)14-17(15)29-2/h13-14H,5-12H2,1-4H3,(H,23,28). The van der Waals surface area contributed by atoms with Crippen molar-refractivity contribution in [3.8, 4) is 17.2 Å². The van der Waals surface area contributed by atoms with Gasteiger partial charge in [0.15, 0.2) is 17.3 Å². The van der Waals surface area contributed by atoms with Gasteiger partial charge >= 0.3 is 6.03 Å². The molecule has 9 heteroatoms. The molecule has 0 aliphatic carbocycles. The second-order valence-electron chi connectivity index (χ2n) is 8.01. The number of rotatable bonds is 9. The number of urea groups is 1. The van der Waals surface area contributed by atoms with E-state index >= 15 is 0 Å². The van der Waals surface area contributed by atoms with Gasteiger partial charge in [0.05, 0.1) is 26.9 Å². The zero-order chi connectivity index (χ0) is 22.6. The van der Waals surface area contributed by atoms with Crippen LogP contribution in [0.15, 0.2) is 12.1 Å². The first-order valence-corrected chi connectivity index (χ1v) is 10.5. The van der Waals surface area contributed by atoms with Crippen LogP contribution >= 0.6 is 0 Å². The number of Topliss-reactive ketones (excluding diaryl/α,β-unsaturated/α-hetero) is 1. The van der Waals surface area contributed by atoms with Crippen LogP contribution in [0.2, 0.25) is 0 Å². The van der Waals surface area contributed by atoms with Crippen molar-refractivity contribution < 1.29 is 28.6 Å². The quantitative estimate of drug-likeness (QED) is 0.362. The Bertz CT molecular complexity index is 848. The van der Waals surface area contributed by atoms with E-state index in [-0.39, 0.29) is 17.7 Å². The molecule has 1 aromatic carbocycles. The van der Waals surface area contributed by atoms with E-state index in [1.165, 1.54) is 33.3 Å². The van der Waals surface area contributed by atoms with Crippen molar-refractivity contribution in [2.24, 2.45) is 0 Å². The number of nitrogens with one attached hydrogen (secondary N) is 1. The number of ether oxygens (including phenoxy) is 3. The van der Waals surface area contributed by atoms with Crippen LogP contribution in [0.25, 0.3) is 0 Å². The summed E-state index contributed by atoms with van der Waals surface area (Å²) >= 11 is 0. The fourth-order valence-electron chi connectivity index (χ4n) is 4.26. The minimum absolute atomic E-state index is 0.00213. The first-order valence-electron chi connectivity index (χ1n) is 10.5. The lowest BCUT2D eigenvalue weighted by molar-refractivity contribution is -0.132. The normalized spacial score (nSPS) is 18.3. The third-order valence-electron chi connectivity index (χ3n) is 6.21. The highest BCUT2D eigenvalue weighted by Crippen LogP contribution is 2.35. The molecule has 2 saturated heterocycles. The van der Waals surface area contributed by atoms with Crippen molar-refractivity contribution in [2.45, 2.75) is 37.6 Å². The Labute approximate surface area is 182 Å². The van der Waals surface area contributed by atoms with E-state index in [1.807, 2.05) is 0 Å². The number of likely N-dealkylation sites (N-methyl/N-ethyl adjacent to an activating group) is 1. The maximum atomic E-state index is 12.7. The van der Waals surface area contributed by atoms with Gasteiger partial charge in [-0.1, -0.05) is 0 Å². The van der Waals surface area contributed by atoms with Crippen molar-refractivity contribution in [3.05, 3.63) is 17.7 Å². The van der Waals surface area contributed by atoms with E-state index in [0.29, 0.717) is 42.1 Å². The number of likely N-dealkylation sites (tertiary alicyclic amines) is 1. The highest BCUT2D eigenvalue weighted by atomic mass is 16.5. The Morgan fingerprint density at radius 1 is 1.00 bits per heavy atom. The zero-order valence-corrected chi connectivity index (χ0v) is 18.7. The summed E-state index contributed by atoms with van der Waals surface area (Å²) in [5, 5.41) is 2.85. The first kappa shape index (κ1) is 22.9. The van der Waals surface area contributed by atoms with Crippen LogP contribution in [0.4, 0.5) is 4.79 Å². The maximum absolute atomic E-state index is 12.7. The van der Waals surface area contributed by atoms with Gasteiger partial charge < -0.3 is 24.4 Å². The highest BCUT2D eigenvalue weighted by Gasteiger charge is 2.50. The van der Waals surface area contributed by atoms with Gasteiger partial charge in [-0.15, -0.1) is 0 Å². The molecular formula is C22H31N3O6. The van der Waals surface area contributed by atoms with E-state index in [1.54, 1.807) is 12.1 Å². The topological polar surface area (TPSA) is 97.4 Å². The van der Waals surface area contributed by atoms with E-state index in [2.05, 4.69) is 10.2 Å². The predicted molar refractivity (Wildman–Crippen MR) is 114 cm³/mol. The molecule has 170 valence electrons. The number of carbonyl (C=O) groups excluding carboxylic acids is 3. The number of nitrogens with zero attached hydrogens (tertiary/aromatic N) is 2. The number of hydrogen-bond donors (Lipinski definition) is 1. The number of benzene rings is 1. The largest absolute Gasteiger partial charge is 0.496 e. The summed E-state index contributed by atoms with van der Waals surface area (Å²) in [7, 11) is 6.11. The van der Waals surface area contributed by atoms with Crippen molar-refractivity contribution in [1.82, 2.24) is 15.1 Å². The lowest BCUT2D eigenvalue weighted by Crippen LogP contribution is -2.54. The molecule has 2 aliphatic heterocycles. The summed E-state index contributed by atoms with van der Waals surface area (Å²) < 4.78 is 15.9. The number of methoxy groups -OCH3 is 3. The Morgan fingerprint density at radius 2 is 1.61 bits per heavy atom. The fourth-order valence-corrected chi connectivity index (χ4v) is 4.26. The SMILES string of the molecule is COc1cc(OC)c(C(=O)CCCCN2CCC3(CC2)NC(=O)N(C)C3=O)cc1OC. The molecule has 1 spiro atoms. The average molecular weight is 434 g/mol. The van der Waals surface area contributed by atoms with E-state index in [9.17, 15) is 14.4 Å². The minimum atomic E-state index is -0.734. The molecule has 3 amide bonds. The number of piperidine rings is 1. The molecule has 2 fully saturated rings. The summed E-state index contributed by atoms with van der Waals surface area (Å²) in [5.74, 6) is 1.34. The predicted octanol–water partition coefficient (Wildman–Crippen LogP) is 2.08. The first-order chi connectivity index (χ1) is 14.8. The molecule has 0 atom stereocenters. The van der Waals surface area contributed by atoms with Crippen LogP contribution in [0.5, 0.6) is 17.2 Å². The fraction of sp³-hybridized carbons (Fsp3) is 0.591. The monoisotopic (exact) mass is 433 g/mol. The molecule has 3 rings (SSSR count). The molecule has 0 aromatic heterocycles. The molecule has 0 saturated carbocycles. The number of imide groups is 1. The van der Waals surface area contributed by atoms with E-state index in [0.717, 1.165) is 32.5 Å². The molecule has 0 unspecified atom stereocenters. The molecule has 1 aromatic rings. The number of ketones is 1. The van der Waals surface area contributed by atoms with Crippen molar-refractivity contribution in [1.29, 1.82) is 0 Å². The summed E-state index contributed by atoms with van der Waals surface area (Å²) in [6, 6.07) is 3.01. The van der Waals surface area contributed by atoms with Crippen molar-refractivity contribution in [2.75, 3.05) is 48.0 Å². The van der Waals surface area contributed by atoms with Crippen LogP contribution < -0.4 is 19.5 Å². The van der Waals surface area contributed by atoms with Gasteiger partial charge in [0, 0.05) is 32.6 Å². The van der Waals surface area contributed by atoms with Crippen molar-refractivity contribution in [3.63, 3.8) is 0 Å². The number of hydrogen-bond acceptors (Lipinski definition) is 7.